The van der Waals surface area contributed by atoms with Crippen LogP contribution in [0, 0.1) is 5.92 Å². The number of carboxylic acid groups (broad SMARTS) is 1. The van der Waals surface area contributed by atoms with Gasteiger partial charge >= 0.3 is 32.3 Å². The largest absolute Gasteiger partial charge is 0.491 e. The quantitative estimate of drug-likeness (QED) is 0.0828. The molecule has 63 heavy (non-hydrogen) atoms. The van der Waals surface area contributed by atoms with E-state index in [4.69, 9.17) is 39.1 Å². The number of esters is 1. The molecular weight excluding hydrogens is 812 g/mol. The molecule has 336 valence electrons. The fourth-order valence-electron chi connectivity index (χ4n) is 5.82. The van der Waals surface area contributed by atoms with Crippen LogP contribution in [0.15, 0.2) is 84.9 Å². The van der Waals surface area contributed by atoms with Crippen molar-refractivity contribution in [2.75, 3.05) is 0 Å². The van der Waals surface area contributed by atoms with Crippen LogP contribution in [0.1, 0.15) is 84.1 Å². The van der Waals surface area contributed by atoms with Crippen LogP contribution in [0.4, 0.5) is 4.79 Å². The number of aliphatic carboxylic acids is 1. The number of amides is 2. The molecule has 2 aliphatic heterocycles. The van der Waals surface area contributed by atoms with E-state index in [2.05, 4.69) is 10.6 Å². The first-order valence-corrected chi connectivity index (χ1v) is 20.4. The number of carbonyl (C=O) groups is 4. The first-order chi connectivity index (χ1) is 29.6. The van der Waals surface area contributed by atoms with E-state index in [-0.39, 0.29) is 18.3 Å². The Bertz CT molecular complexity index is 2180. The van der Waals surface area contributed by atoms with Crippen molar-refractivity contribution in [2.24, 2.45) is 11.7 Å². The van der Waals surface area contributed by atoms with Gasteiger partial charge in [0.2, 0.25) is 5.91 Å². The highest BCUT2D eigenvalue weighted by Gasteiger charge is 2.28. The number of alkyl carbamates (subject to hydrolysis) is 1. The summed E-state index contributed by atoms with van der Waals surface area (Å²) in [6.07, 6.45) is -0.680. The molecule has 0 saturated heterocycles. The van der Waals surface area contributed by atoms with E-state index < -0.39 is 49.5 Å². The Morgan fingerprint density at radius 2 is 1.14 bits per heavy atom. The van der Waals surface area contributed by atoms with Gasteiger partial charge in [0.15, 0.2) is 0 Å². The minimum atomic E-state index is -1.09. The smallest absolute Gasteiger partial charge is 0.480 e. The number of ether oxygens (including phenoxy) is 4. The van der Waals surface area contributed by atoms with Crippen LogP contribution in [0.3, 0.4) is 0 Å². The van der Waals surface area contributed by atoms with E-state index >= 15 is 0 Å². The fraction of sp³-hybridized carbons (Fsp3) is 0.378. The molecule has 2 unspecified atom stereocenters. The maximum absolute atomic E-state index is 12.3. The van der Waals surface area contributed by atoms with Crippen LogP contribution in [0.25, 0.3) is 0 Å². The third-order valence-corrected chi connectivity index (χ3v) is 9.02. The standard InChI is InChI=1S/C23H28BNO6.C14H14BNO3.C8H15NO4/c1-15(11-21(26)31-23(2,3)4)22(27)25-13-16-5-7-18(8-6-16)30-19-9-10-20-17(12-19)14-29-24(20)28;16-8-10-1-3-12(4-2-10)19-13-5-6-14-11(7-13)9-18-15(14)17;1-5(6(10)11)9-7(12)13-8(2,3)4/h5-10,12,15,28H,11,13-14H2,1-4H3,(H,25,27);1-7,17H,8-9,16H2;5H,1-4H3,(H,9,12)(H,10,11). The van der Waals surface area contributed by atoms with Crippen molar-refractivity contribution in [3.8, 4) is 23.0 Å². The summed E-state index contributed by atoms with van der Waals surface area (Å²) in [6.45, 7) is 15.2. The molecule has 0 aromatic heterocycles. The number of carbonyl (C=O) groups excluding carboxylic acids is 3. The molecule has 16 nitrogen and oxygen atoms in total. The second kappa shape index (κ2) is 22.4. The minimum absolute atomic E-state index is 0.0404. The lowest BCUT2D eigenvalue weighted by Crippen LogP contribution is -2.41. The van der Waals surface area contributed by atoms with Crippen LogP contribution in [0.5, 0.6) is 23.0 Å². The summed E-state index contributed by atoms with van der Waals surface area (Å²) in [7, 11) is -1.68. The molecule has 18 heteroatoms. The van der Waals surface area contributed by atoms with Crippen LogP contribution < -0.4 is 36.8 Å². The lowest BCUT2D eigenvalue weighted by molar-refractivity contribution is -0.157. The summed E-state index contributed by atoms with van der Waals surface area (Å²) >= 11 is 0. The van der Waals surface area contributed by atoms with Gasteiger partial charge in [0.05, 0.1) is 19.6 Å². The van der Waals surface area contributed by atoms with E-state index in [1.807, 2.05) is 72.8 Å². The molecule has 0 aliphatic carbocycles. The summed E-state index contributed by atoms with van der Waals surface area (Å²) in [4.78, 5) is 45.5. The lowest BCUT2D eigenvalue weighted by Gasteiger charge is -2.20. The molecule has 7 N–H and O–H groups in total. The van der Waals surface area contributed by atoms with Crippen molar-refractivity contribution in [2.45, 2.75) is 105 Å². The number of benzene rings is 4. The van der Waals surface area contributed by atoms with E-state index in [1.165, 1.54) is 6.92 Å². The summed E-state index contributed by atoms with van der Waals surface area (Å²) in [6, 6.07) is 25.1. The number of nitrogens with one attached hydrogen (secondary N) is 2. The van der Waals surface area contributed by atoms with Gasteiger partial charge < -0.3 is 59.8 Å². The van der Waals surface area contributed by atoms with Gasteiger partial charge in [-0.25, -0.2) is 4.79 Å². The van der Waals surface area contributed by atoms with Crippen molar-refractivity contribution >= 4 is 49.1 Å². The SMILES string of the molecule is CC(CC(=O)OC(C)(C)C)C(=O)NCc1ccc(Oc2ccc3c(c2)COB3O)cc1.CC(NC(=O)OC(C)(C)C)C(=O)O.NCc1ccc(Oc2ccc3c(c2)COB3O)cc1. The van der Waals surface area contributed by atoms with E-state index in [0.717, 1.165) is 44.7 Å². The van der Waals surface area contributed by atoms with Gasteiger partial charge in [0, 0.05) is 19.0 Å². The number of nitrogens with two attached hydrogens (primary N) is 1. The molecule has 2 atom stereocenters. The second-order valence-corrected chi connectivity index (χ2v) is 16.9. The molecule has 0 saturated carbocycles. The summed E-state index contributed by atoms with van der Waals surface area (Å²) in [5.41, 5.74) is 9.80. The Morgan fingerprint density at radius 3 is 1.57 bits per heavy atom. The van der Waals surface area contributed by atoms with Gasteiger partial charge in [-0.3, -0.25) is 14.4 Å². The molecule has 6 rings (SSSR count). The van der Waals surface area contributed by atoms with Gasteiger partial charge in [-0.2, -0.15) is 0 Å². The summed E-state index contributed by atoms with van der Waals surface area (Å²) in [5.74, 6) is 0.665. The third-order valence-electron chi connectivity index (χ3n) is 9.02. The molecule has 0 spiro atoms. The molecule has 2 aliphatic rings. The number of fused-ring (bicyclic) bond motifs is 2. The zero-order valence-electron chi connectivity index (χ0n) is 36.9. The Hall–Kier alpha value is -5.91. The fourth-order valence-corrected chi connectivity index (χ4v) is 5.82. The summed E-state index contributed by atoms with van der Waals surface area (Å²) < 4.78 is 32.1. The van der Waals surface area contributed by atoms with Crippen molar-refractivity contribution in [3.05, 3.63) is 107 Å². The Morgan fingerprint density at radius 1 is 0.698 bits per heavy atom. The maximum atomic E-state index is 12.3. The Labute approximate surface area is 368 Å². The Kier molecular flexibility index (Phi) is 17.7. The molecule has 4 aromatic carbocycles. The topological polar surface area (TPSA) is 234 Å². The van der Waals surface area contributed by atoms with Gasteiger partial charge in [0.25, 0.3) is 0 Å². The third kappa shape index (κ3) is 16.7. The zero-order chi connectivity index (χ0) is 46.5. The average Bonchev–Trinajstić information content (AvgIpc) is 3.77. The van der Waals surface area contributed by atoms with E-state index in [0.29, 0.717) is 37.8 Å². The number of rotatable bonds is 12. The van der Waals surface area contributed by atoms with Crippen LogP contribution in [-0.4, -0.2) is 70.6 Å². The van der Waals surface area contributed by atoms with E-state index in [9.17, 15) is 29.2 Å². The summed E-state index contributed by atoms with van der Waals surface area (Å²) in [5, 5.41) is 32.7. The van der Waals surface area contributed by atoms with Gasteiger partial charge in [0.1, 0.15) is 40.2 Å². The van der Waals surface area contributed by atoms with Gasteiger partial charge in [-0.05, 0) is 130 Å². The molecule has 0 bridgehead atoms. The van der Waals surface area contributed by atoms with Crippen LogP contribution in [0.2, 0.25) is 0 Å². The first-order valence-electron chi connectivity index (χ1n) is 20.4. The highest BCUT2D eigenvalue weighted by Crippen LogP contribution is 2.26. The molecular formula is C45H57B2N3O13. The van der Waals surface area contributed by atoms with Crippen LogP contribution in [-0.2, 0) is 59.5 Å². The normalized spacial score (nSPS) is 13.7. The average molecular weight is 870 g/mol. The van der Waals surface area contributed by atoms with Crippen molar-refractivity contribution < 1.29 is 62.6 Å². The molecule has 2 amide bonds. The van der Waals surface area contributed by atoms with Gasteiger partial charge in [-0.1, -0.05) is 43.3 Å². The van der Waals surface area contributed by atoms with Crippen molar-refractivity contribution in [1.82, 2.24) is 10.6 Å². The Balaban J connectivity index is 0.000000231. The molecule has 0 radical (unpaired) electrons. The van der Waals surface area contributed by atoms with E-state index in [1.54, 1.807) is 60.6 Å². The number of hydrogen-bond donors (Lipinski definition) is 6. The van der Waals surface area contributed by atoms with Crippen molar-refractivity contribution in [3.63, 3.8) is 0 Å². The number of hydrogen-bond acceptors (Lipinski definition) is 13. The predicted octanol–water partition coefficient (Wildman–Crippen LogP) is 4.82. The molecule has 0 fully saturated rings. The second-order valence-electron chi connectivity index (χ2n) is 16.9. The monoisotopic (exact) mass is 869 g/mol. The molecule has 4 aromatic rings. The lowest BCUT2D eigenvalue weighted by atomic mass is 9.80. The highest BCUT2D eigenvalue weighted by atomic mass is 16.6. The zero-order valence-corrected chi connectivity index (χ0v) is 36.9. The van der Waals surface area contributed by atoms with Gasteiger partial charge in [-0.15, -0.1) is 0 Å². The highest BCUT2D eigenvalue weighted by molar-refractivity contribution is 6.62. The maximum Gasteiger partial charge on any atom is 0.491 e. The predicted molar refractivity (Wildman–Crippen MR) is 237 cm³/mol. The van der Waals surface area contributed by atoms with Crippen molar-refractivity contribution in [1.29, 1.82) is 0 Å². The number of carboxylic acids is 1. The minimum Gasteiger partial charge on any atom is -0.480 e. The first kappa shape index (κ1) is 49.7. The van der Waals surface area contributed by atoms with Crippen LogP contribution >= 0.6 is 0 Å². The molecule has 2 heterocycles.